The monoisotopic (exact) mass is 347 g/mol. The van der Waals surface area contributed by atoms with E-state index in [1.165, 1.54) is 29.8 Å². The van der Waals surface area contributed by atoms with Crippen LogP contribution in [0.15, 0.2) is 12.1 Å². The van der Waals surface area contributed by atoms with E-state index in [2.05, 4.69) is 6.07 Å². The number of fused-ring (bicyclic) bond motifs is 2. The molecular formula is C16H13NO4S2. The Morgan fingerprint density at radius 3 is 2.70 bits per heavy atom. The van der Waals surface area contributed by atoms with Crippen molar-refractivity contribution < 1.29 is 19.1 Å². The van der Waals surface area contributed by atoms with Gasteiger partial charge in [-0.05, 0) is 36.1 Å². The maximum atomic E-state index is 11.7. The molecule has 1 unspecified atom stereocenters. The van der Waals surface area contributed by atoms with E-state index in [0.717, 1.165) is 38.6 Å². The van der Waals surface area contributed by atoms with E-state index < -0.39 is 0 Å². The first-order valence-electron chi connectivity index (χ1n) is 6.95. The quantitative estimate of drug-likeness (QED) is 0.628. The fraction of sp³-hybridized carbons (Fsp3) is 0.312. The molecule has 5 nitrogen and oxygen atoms in total. The van der Waals surface area contributed by atoms with Gasteiger partial charge < -0.3 is 9.47 Å². The van der Waals surface area contributed by atoms with E-state index in [1.807, 2.05) is 12.1 Å². The number of carbonyl (C=O) groups is 2. The molecule has 1 aliphatic rings. The summed E-state index contributed by atoms with van der Waals surface area (Å²) in [5.41, 5.74) is 2.16. The van der Waals surface area contributed by atoms with E-state index in [0.29, 0.717) is 11.3 Å². The van der Waals surface area contributed by atoms with E-state index in [-0.39, 0.29) is 18.5 Å². The van der Waals surface area contributed by atoms with Gasteiger partial charge in [0.15, 0.2) is 0 Å². The predicted molar refractivity (Wildman–Crippen MR) is 85.7 cm³/mol. The Kier molecular flexibility index (Phi) is 4.46. The molecule has 0 aliphatic heterocycles. The minimum atomic E-state index is -0.388. The van der Waals surface area contributed by atoms with Gasteiger partial charge in [-0.2, -0.15) is 5.26 Å². The summed E-state index contributed by atoms with van der Waals surface area (Å²) in [4.78, 5) is 25.4. The summed E-state index contributed by atoms with van der Waals surface area (Å²) < 4.78 is 9.58. The highest BCUT2D eigenvalue weighted by Crippen LogP contribution is 2.42. The Morgan fingerprint density at radius 1 is 1.35 bits per heavy atom. The summed E-state index contributed by atoms with van der Waals surface area (Å²) >= 11 is 2.82. The van der Waals surface area contributed by atoms with Crippen molar-refractivity contribution in [3.05, 3.63) is 42.8 Å². The second-order valence-electron chi connectivity index (χ2n) is 5.06. The lowest BCUT2D eigenvalue weighted by Gasteiger charge is -2.05. The minimum Gasteiger partial charge on any atom is -0.465 e. The lowest BCUT2D eigenvalue weighted by molar-refractivity contribution is -0.129. The summed E-state index contributed by atoms with van der Waals surface area (Å²) in [6.07, 6.45) is 1.58. The highest BCUT2D eigenvalue weighted by atomic mass is 32.1. The summed E-state index contributed by atoms with van der Waals surface area (Å²) in [5, 5.41) is 9.66. The maximum Gasteiger partial charge on any atom is 0.348 e. The van der Waals surface area contributed by atoms with Crippen LogP contribution in [-0.4, -0.2) is 19.6 Å². The smallest absolute Gasteiger partial charge is 0.348 e. The molecule has 23 heavy (non-hydrogen) atoms. The SMILES string of the molecule is COC(=O)c1cc2c(s1)C(C#N)c1sc(COC=O)cc1CC2. The number of aryl methyl sites for hydroxylation is 2. The van der Waals surface area contributed by atoms with Crippen LogP contribution in [-0.2, 0) is 33.7 Å². The van der Waals surface area contributed by atoms with Gasteiger partial charge in [0.05, 0.1) is 13.2 Å². The Hall–Kier alpha value is -2.17. The molecule has 0 saturated carbocycles. The topological polar surface area (TPSA) is 76.4 Å². The zero-order chi connectivity index (χ0) is 16.4. The number of nitrogens with zero attached hydrogens (tertiary/aromatic N) is 1. The fourth-order valence-electron chi connectivity index (χ4n) is 2.72. The van der Waals surface area contributed by atoms with Crippen LogP contribution in [0.4, 0.5) is 0 Å². The van der Waals surface area contributed by atoms with Gasteiger partial charge in [-0.15, -0.1) is 22.7 Å². The lowest BCUT2D eigenvalue weighted by atomic mass is 10.0. The Labute approximate surface area is 141 Å². The zero-order valence-corrected chi connectivity index (χ0v) is 14.0. The minimum absolute atomic E-state index is 0.226. The zero-order valence-electron chi connectivity index (χ0n) is 12.3. The van der Waals surface area contributed by atoms with Crippen molar-refractivity contribution in [1.82, 2.24) is 0 Å². The standard InChI is InChI=1S/C16H13NO4S2/c1-20-16(19)13-5-10-3-2-9-4-11(7-21-8-18)22-14(9)12(6-17)15(10)23-13/h4-5,8,12H,2-3,7H2,1H3. The third-order valence-electron chi connectivity index (χ3n) is 3.73. The summed E-state index contributed by atoms with van der Waals surface area (Å²) in [6.45, 7) is 0.650. The molecule has 0 spiro atoms. The molecule has 1 aliphatic carbocycles. The third kappa shape index (κ3) is 2.87. The molecule has 0 amide bonds. The summed E-state index contributed by atoms with van der Waals surface area (Å²) in [7, 11) is 1.35. The molecule has 2 heterocycles. The second-order valence-corrected chi connectivity index (χ2v) is 7.32. The molecule has 7 heteroatoms. The second kappa shape index (κ2) is 6.52. The number of ether oxygens (including phenoxy) is 2. The van der Waals surface area contributed by atoms with Gasteiger partial charge in [-0.25, -0.2) is 4.79 Å². The number of rotatable bonds is 4. The molecule has 3 rings (SSSR count). The van der Waals surface area contributed by atoms with Gasteiger partial charge in [-0.3, -0.25) is 4.79 Å². The Morgan fingerprint density at radius 2 is 2.04 bits per heavy atom. The van der Waals surface area contributed by atoms with Crippen molar-refractivity contribution in [3.8, 4) is 6.07 Å². The van der Waals surface area contributed by atoms with Crippen LogP contribution >= 0.6 is 22.7 Å². The van der Waals surface area contributed by atoms with Gasteiger partial charge in [0.1, 0.15) is 17.4 Å². The van der Waals surface area contributed by atoms with Gasteiger partial charge >= 0.3 is 5.97 Å². The average molecular weight is 347 g/mol. The molecule has 0 saturated heterocycles. The van der Waals surface area contributed by atoms with Gasteiger partial charge in [0, 0.05) is 14.6 Å². The molecule has 0 aromatic carbocycles. The van der Waals surface area contributed by atoms with E-state index in [4.69, 9.17) is 9.47 Å². The average Bonchev–Trinajstić information content (AvgIpc) is 3.13. The van der Waals surface area contributed by atoms with Crippen molar-refractivity contribution in [1.29, 1.82) is 5.26 Å². The van der Waals surface area contributed by atoms with Crippen molar-refractivity contribution in [2.75, 3.05) is 7.11 Å². The van der Waals surface area contributed by atoms with Crippen LogP contribution in [0.5, 0.6) is 0 Å². The third-order valence-corrected chi connectivity index (χ3v) is 6.17. The van der Waals surface area contributed by atoms with Crippen LogP contribution in [0, 0.1) is 11.3 Å². The number of thiophene rings is 2. The van der Waals surface area contributed by atoms with Crippen molar-refractivity contribution >= 4 is 35.1 Å². The molecule has 0 bridgehead atoms. The molecular weight excluding hydrogens is 334 g/mol. The Balaban J connectivity index is 2.01. The van der Waals surface area contributed by atoms with Gasteiger partial charge in [-0.1, -0.05) is 0 Å². The molecule has 2 aromatic rings. The highest BCUT2D eigenvalue weighted by molar-refractivity contribution is 7.15. The van der Waals surface area contributed by atoms with Crippen LogP contribution in [0.25, 0.3) is 0 Å². The van der Waals surface area contributed by atoms with Gasteiger partial charge in [0.25, 0.3) is 6.47 Å². The molecule has 1 atom stereocenters. The maximum absolute atomic E-state index is 11.7. The number of methoxy groups -OCH3 is 1. The highest BCUT2D eigenvalue weighted by Gasteiger charge is 2.29. The van der Waals surface area contributed by atoms with E-state index in [9.17, 15) is 14.9 Å². The first kappa shape index (κ1) is 15.7. The van der Waals surface area contributed by atoms with Crippen molar-refractivity contribution in [2.24, 2.45) is 0 Å². The number of hydrogen-bond donors (Lipinski definition) is 0. The summed E-state index contributed by atoms with van der Waals surface area (Å²) in [5.74, 6) is -0.757. The van der Waals surface area contributed by atoms with Crippen molar-refractivity contribution in [2.45, 2.75) is 25.4 Å². The fourth-order valence-corrected chi connectivity index (χ4v) is 5.17. The number of hydrogen-bond acceptors (Lipinski definition) is 7. The molecule has 0 fully saturated rings. The summed E-state index contributed by atoms with van der Waals surface area (Å²) in [6, 6.07) is 6.20. The number of carbonyl (C=O) groups excluding carboxylic acids is 2. The number of esters is 1. The first-order valence-corrected chi connectivity index (χ1v) is 8.58. The van der Waals surface area contributed by atoms with Crippen LogP contribution < -0.4 is 0 Å². The molecule has 118 valence electrons. The first-order chi connectivity index (χ1) is 11.2. The largest absolute Gasteiger partial charge is 0.465 e. The predicted octanol–water partition coefficient (Wildman–Crippen LogP) is 3.02. The number of nitriles is 1. The van der Waals surface area contributed by atoms with E-state index >= 15 is 0 Å². The molecule has 0 N–H and O–H groups in total. The van der Waals surface area contributed by atoms with Crippen molar-refractivity contribution in [3.63, 3.8) is 0 Å². The van der Waals surface area contributed by atoms with Crippen LogP contribution in [0.3, 0.4) is 0 Å². The Bertz CT molecular complexity index is 800. The van der Waals surface area contributed by atoms with Gasteiger partial charge in [0.2, 0.25) is 0 Å². The van der Waals surface area contributed by atoms with Crippen LogP contribution in [0.2, 0.25) is 0 Å². The normalized spacial score (nSPS) is 15.7. The van der Waals surface area contributed by atoms with E-state index in [1.54, 1.807) is 0 Å². The van der Waals surface area contributed by atoms with Crippen LogP contribution in [0.1, 0.15) is 41.3 Å². The molecule has 2 aromatic heterocycles. The molecule has 0 radical (unpaired) electrons. The lowest BCUT2D eigenvalue weighted by Crippen LogP contribution is -1.97.